The quantitative estimate of drug-likeness (QED) is 0.612. The third-order valence-corrected chi connectivity index (χ3v) is 8.55. The van der Waals surface area contributed by atoms with Gasteiger partial charge in [-0.25, -0.2) is 9.79 Å². The van der Waals surface area contributed by atoms with Crippen LogP contribution in [0.5, 0.6) is 5.75 Å². The minimum absolute atomic E-state index is 0.00175. The molecule has 2 atom stereocenters. The number of hydrogen-bond donors (Lipinski definition) is 2. The Morgan fingerprint density at radius 1 is 1.11 bits per heavy atom. The lowest BCUT2D eigenvalue weighted by atomic mass is 9.98. The molecule has 1 saturated heterocycles. The van der Waals surface area contributed by atoms with Crippen LogP contribution in [-0.4, -0.2) is 68.9 Å². The number of fused-ring (bicyclic) bond motifs is 1. The minimum Gasteiger partial charge on any atom is -0.507 e. The number of thioether (sulfide) groups is 1. The lowest BCUT2D eigenvalue weighted by Crippen LogP contribution is -2.49. The number of likely N-dealkylation sites (tertiary alicyclic amines) is 1. The lowest BCUT2D eigenvalue weighted by Gasteiger charge is -2.38. The Morgan fingerprint density at radius 3 is 2.51 bits per heavy atom. The summed E-state index contributed by atoms with van der Waals surface area (Å²) in [5.74, 6) is 0.242. The number of rotatable bonds is 3. The Bertz CT molecular complexity index is 1170. The number of para-hydroxylation sites is 1. The molecule has 5 rings (SSSR count). The number of hydrogen-bond acceptors (Lipinski definition) is 6. The van der Waals surface area contributed by atoms with E-state index < -0.39 is 6.04 Å². The number of anilines is 1. The van der Waals surface area contributed by atoms with Crippen molar-refractivity contribution in [3.63, 3.8) is 0 Å². The van der Waals surface area contributed by atoms with Crippen LogP contribution in [0.4, 0.5) is 10.5 Å². The standard InChI is InChI=1S/C27H32N4O3S/c1-16-14-20(15-17(2)24(16)32)25(33)23-18(3)35-27(29-23)30-11-9-21(10-12-30)31-13-8-19-6-4-5-7-22(19)28-26(31)34/h4-7,14-15,18,21,23,32H,8-13H2,1-3H3,(H,28,34). The number of phenols is 1. The van der Waals surface area contributed by atoms with Crippen molar-refractivity contribution in [3.05, 3.63) is 58.7 Å². The third-order valence-electron chi connectivity index (χ3n) is 7.35. The first-order valence-corrected chi connectivity index (χ1v) is 13.2. The molecule has 35 heavy (non-hydrogen) atoms. The molecule has 2 aromatic carbocycles. The number of nitrogens with zero attached hydrogens (tertiary/aromatic N) is 3. The number of amidine groups is 1. The summed E-state index contributed by atoms with van der Waals surface area (Å²) in [5.41, 5.74) is 4.11. The lowest BCUT2D eigenvalue weighted by molar-refractivity contribution is 0.0963. The summed E-state index contributed by atoms with van der Waals surface area (Å²) in [7, 11) is 0. The highest BCUT2D eigenvalue weighted by Gasteiger charge is 2.37. The van der Waals surface area contributed by atoms with E-state index in [-0.39, 0.29) is 28.9 Å². The van der Waals surface area contributed by atoms with Crippen molar-refractivity contribution >= 4 is 34.4 Å². The number of piperidine rings is 1. The van der Waals surface area contributed by atoms with E-state index in [4.69, 9.17) is 4.99 Å². The maximum atomic E-state index is 13.3. The first kappa shape index (κ1) is 23.7. The zero-order valence-electron chi connectivity index (χ0n) is 20.5. The van der Waals surface area contributed by atoms with Gasteiger partial charge in [0.2, 0.25) is 0 Å². The van der Waals surface area contributed by atoms with Crippen LogP contribution in [0.25, 0.3) is 0 Å². The van der Waals surface area contributed by atoms with Gasteiger partial charge in [0, 0.05) is 42.2 Å². The van der Waals surface area contributed by atoms with Crippen molar-refractivity contribution in [2.45, 2.75) is 57.4 Å². The van der Waals surface area contributed by atoms with Crippen LogP contribution in [0.15, 0.2) is 41.4 Å². The van der Waals surface area contributed by atoms with E-state index in [0.29, 0.717) is 16.7 Å². The number of carbonyl (C=O) groups is 2. The van der Waals surface area contributed by atoms with Crippen LogP contribution in [0, 0.1) is 13.8 Å². The number of ketones is 1. The van der Waals surface area contributed by atoms with Gasteiger partial charge in [0.15, 0.2) is 11.0 Å². The van der Waals surface area contributed by atoms with Gasteiger partial charge in [-0.3, -0.25) is 4.79 Å². The van der Waals surface area contributed by atoms with Crippen molar-refractivity contribution in [1.82, 2.24) is 9.80 Å². The third kappa shape index (κ3) is 4.63. The largest absolute Gasteiger partial charge is 0.507 e. The molecule has 3 aliphatic rings. The fourth-order valence-corrected chi connectivity index (χ4v) is 6.44. The van der Waals surface area contributed by atoms with Crippen LogP contribution < -0.4 is 5.32 Å². The second kappa shape index (κ2) is 9.57. The average Bonchev–Trinajstić information content (AvgIpc) is 3.15. The Labute approximate surface area is 210 Å². The van der Waals surface area contributed by atoms with E-state index in [9.17, 15) is 14.7 Å². The summed E-state index contributed by atoms with van der Waals surface area (Å²) < 4.78 is 0. The molecule has 0 saturated carbocycles. The number of benzene rings is 2. The number of nitrogens with one attached hydrogen (secondary N) is 1. The van der Waals surface area contributed by atoms with Gasteiger partial charge in [0.25, 0.3) is 0 Å². The second-order valence-corrected chi connectivity index (χ2v) is 11.1. The fraction of sp³-hybridized carbons (Fsp3) is 0.444. The Morgan fingerprint density at radius 2 is 1.80 bits per heavy atom. The van der Waals surface area contributed by atoms with E-state index in [0.717, 1.165) is 49.8 Å². The molecule has 1 fully saturated rings. The van der Waals surface area contributed by atoms with Gasteiger partial charge in [0.05, 0.1) is 0 Å². The minimum atomic E-state index is -0.425. The van der Waals surface area contributed by atoms with Gasteiger partial charge < -0.3 is 20.2 Å². The molecule has 2 amide bonds. The van der Waals surface area contributed by atoms with Gasteiger partial charge in [-0.1, -0.05) is 36.9 Å². The van der Waals surface area contributed by atoms with Crippen molar-refractivity contribution in [1.29, 1.82) is 0 Å². The zero-order chi connectivity index (χ0) is 24.7. The van der Waals surface area contributed by atoms with Gasteiger partial charge in [-0.05, 0) is 68.0 Å². The number of aromatic hydroxyl groups is 1. The van der Waals surface area contributed by atoms with Gasteiger partial charge in [-0.15, -0.1) is 0 Å². The molecule has 3 aliphatic heterocycles. The van der Waals surface area contributed by atoms with Crippen LogP contribution in [0.2, 0.25) is 0 Å². The van der Waals surface area contributed by atoms with Gasteiger partial charge in [-0.2, -0.15) is 0 Å². The summed E-state index contributed by atoms with van der Waals surface area (Å²) >= 11 is 1.66. The molecule has 0 aliphatic carbocycles. The van der Waals surface area contributed by atoms with Crippen LogP contribution in [0.1, 0.15) is 46.8 Å². The SMILES string of the molecule is Cc1cc(C(=O)C2N=C(N3CCC(N4CCc5ccccc5NC4=O)CC3)SC2C)cc(C)c1O. The highest BCUT2D eigenvalue weighted by molar-refractivity contribution is 8.14. The van der Waals surface area contributed by atoms with E-state index in [2.05, 4.69) is 23.2 Å². The summed E-state index contributed by atoms with van der Waals surface area (Å²) in [6, 6.07) is 11.3. The van der Waals surface area contributed by atoms with E-state index >= 15 is 0 Å². The smallest absolute Gasteiger partial charge is 0.322 e. The van der Waals surface area contributed by atoms with Crippen LogP contribution >= 0.6 is 11.8 Å². The van der Waals surface area contributed by atoms with E-state index in [1.807, 2.05) is 36.9 Å². The number of urea groups is 1. The monoisotopic (exact) mass is 492 g/mol. The molecule has 0 aromatic heterocycles. The molecule has 2 N–H and O–H groups in total. The molecular formula is C27H32N4O3S. The molecule has 0 radical (unpaired) electrons. The maximum Gasteiger partial charge on any atom is 0.322 e. The molecule has 3 heterocycles. The molecule has 2 aromatic rings. The highest BCUT2D eigenvalue weighted by atomic mass is 32.2. The average molecular weight is 493 g/mol. The zero-order valence-corrected chi connectivity index (χ0v) is 21.3. The van der Waals surface area contributed by atoms with Crippen molar-refractivity contribution in [2.24, 2.45) is 4.99 Å². The molecule has 0 bridgehead atoms. The molecular weight excluding hydrogens is 460 g/mol. The normalized spacial score (nSPS) is 22.9. The topological polar surface area (TPSA) is 85.2 Å². The van der Waals surface area contributed by atoms with Gasteiger partial charge in [0.1, 0.15) is 11.8 Å². The van der Waals surface area contributed by atoms with E-state index in [1.165, 1.54) is 5.56 Å². The first-order chi connectivity index (χ1) is 16.8. The molecule has 0 spiro atoms. The van der Waals surface area contributed by atoms with Crippen LogP contribution in [0.3, 0.4) is 0 Å². The Balaban J connectivity index is 1.23. The van der Waals surface area contributed by atoms with Gasteiger partial charge >= 0.3 is 6.03 Å². The first-order valence-electron chi connectivity index (χ1n) is 12.3. The summed E-state index contributed by atoms with van der Waals surface area (Å²) in [6.07, 6.45) is 2.62. The Kier molecular flexibility index (Phi) is 6.49. The fourth-order valence-electron chi connectivity index (χ4n) is 5.29. The molecule has 8 heteroatoms. The van der Waals surface area contributed by atoms with Crippen molar-refractivity contribution in [2.75, 3.05) is 25.0 Å². The summed E-state index contributed by atoms with van der Waals surface area (Å²) in [5, 5.41) is 14.1. The molecule has 184 valence electrons. The maximum absolute atomic E-state index is 13.3. The van der Waals surface area contributed by atoms with Crippen molar-refractivity contribution < 1.29 is 14.7 Å². The predicted molar refractivity (Wildman–Crippen MR) is 141 cm³/mol. The number of phenolic OH excluding ortho intramolecular Hbond substituents is 1. The van der Waals surface area contributed by atoms with E-state index in [1.54, 1.807) is 23.9 Å². The van der Waals surface area contributed by atoms with Crippen molar-refractivity contribution in [3.8, 4) is 5.75 Å². The summed E-state index contributed by atoms with van der Waals surface area (Å²) in [6.45, 7) is 8.04. The number of aliphatic imine (C=N–C) groups is 1. The highest BCUT2D eigenvalue weighted by Crippen LogP contribution is 2.34. The molecule has 7 nitrogen and oxygen atoms in total. The number of carbonyl (C=O) groups excluding carboxylic acids is 2. The number of amides is 2. The number of aryl methyl sites for hydroxylation is 2. The second-order valence-electron chi connectivity index (χ2n) is 9.75. The Hall–Kier alpha value is -3.00. The molecule has 2 unspecified atom stereocenters. The summed E-state index contributed by atoms with van der Waals surface area (Å²) in [4.78, 5) is 35.3. The predicted octanol–water partition coefficient (Wildman–Crippen LogP) is 4.61. The van der Waals surface area contributed by atoms with Crippen LogP contribution in [-0.2, 0) is 6.42 Å². The number of Topliss-reactive ketones (excluding diaryl/α,β-unsaturated/α-hetero) is 1.